The zero-order valence-electron chi connectivity index (χ0n) is 12.6. The molecule has 1 fully saturated rings. The summed E-state index contributed by atoms with van der Waals surface area (Å²) in [6.45, 7) is 3.58. The molecule has 0 unspecified atom stereocenters. The van der Waals surface area contributed by atoms with Crippen LogP contribution in [0.5, 0.6) is 0 Å². The van der Waals surface area contributed by atoms with Gasteiger partial charge < -0.3 is 0 Å². The molecule has 0 heterocycles. The van der Waals surface area contributed by atoms with Crippen LogP contribution >= 0.6 is 0 Å². The predicted octanol–water partition coefficient (Wildman–Crippen LogP) is 2.75. The van der Waals surface area contributed by atoms with Crippen LogP contribution in [0.2, 0.25) is 0 Å². The standard InChI is InChI=1S/C14H19N3O4S/c1-10-5-3-4-6-13(10)15-16-22(20,21)12-8-7-11(2)14(9-12)17(18)19/h7-10,16H,3-6H2,1-2H3/b15-13-/t10-/m1/s1. The van der Waals surface area contributed by atoms with E-state index in [1.807, 2.05) is 6.92 Å². The average Bonchev–Trinajstić information content (AvgIpc) is 2.46. The first-order valence-electron chi connectivity index (χ1n) is 7.14. The van der Waals surface area contributed by atoms with Gasteiger partial charge in [0.05, 0.1) is 9.82 Å². The Morgan fingerprint density at radius 2 is 2.09 bits per heavy atom. The van der Waals surface area contributed by atoms with E-state index in [1.165, 1.54) is 12.1 Å². The van der Waals surface area contributed by atoms with Crippen LogP contribution in [-0.2, 0) is 10.0 Å². The van der Waals surface area contributed by atoms with Crippen molar-refractivity contribution >= 4 is 21.4 Å². The van der Waals surface area contributed by atoms with Gasteiger partial charge in [0.25, 0.3) is 15.7 Å². The second-order valence-corrected chi connectivity index (χ2v) is 7.21. The summed E-state index contributed by atoms with van der Waals surface area (Å²) >= 11 is 0. The number of hydrazone groups is 1. The van der Waals surface area contributed by atoms with Gasteiger partial charge in [0.1, 0.15) is 0 Å². The smallest absolute Gasteiger partial charge is 0.258 e. The largest absolute Gasteiger partial charge is 0.276 e. The molecular weight excluding hydrogens is 306 g/mol. The quantitative estimate of drug-likeness (QED) is 0.679. The van der Waals surface area contributed by atoms with Gasteiger partial charge in [-0.15, -0.1) is 0 Å². The molecule has 8 heteroatoms. The number of sulfonamides is 1. The minimum atomic E-state index is -3.90. The molecule has 0 amide bonds. The fraction of sp³-hybridized carbons (Fsp3) is 0.500. The van der Waals surface area contributed by atoms with E-state index in [4.69, 9.17) is 0 Å². The first-order chi connectivity index (χ1) is 10.3. The lowest BCUT2D eigenvalue weighted by atomic mass is 9.89. The Balaban J connectivity index is 2.25. The van der Waals surface area contributed by atoms with Crippen molar-refractivity contribution in [1.82, 2.24) is 4.83 Å². The maximum atomic E-state index is 12.2. The number of aryl methyl sites for hydroxylation is 1. The summed E-state index contributed by atoms with van der Waals surface area (Å²) in [6.07, 6.45) is 3.90. The Labute approximate surface area is 129 Å². The van der Waals surface area contributed by atoms with Crippen LogP contribution in [0, 0.1) is 23.0 Å². The van der Waals surface area contributed by atoms with E-state index in [0.717, 1.165) is 37.5 Å². The van der Waals surface area contributed by atoms with Crippen LogP contribution in [0.3, 0.4) is 0 Å². The third-order valence-electron chi connectivity index (χ3n) is 3.89. The Morgan fingerprint density at radius 1 is 1.36 bits per heavy atom. The third-order valence-corrected chi connectivity index (χ3v) is 5.09. The molecule has 120 valence electrons. The monoisotopic (exact) mass is 325 g/mol. The summed E-state index contributed by atoms with van der Waals surface area (Å²) < 4.78 is 24.5. The van der Waals surface area contributed by atoms with Crippen molar-refractivity contribution in [3.63, 3.8) is 0 Å². The normalized spacial score (nSPS) is 20.8. The molecule has 0 radical (unpaired) electrons. The van der Waals surface area contributed by atoms with Crippen molar-refractivity contribution in [2.24, 2.45) is 11.0 Å². The van der Waals surface area contributed by atoms with Crippen molar-refractivity contribution in [2.75, 3.05) is 0 Å². The van der Waals surface area contributed by atoms with E-state index in [2.05, 4.69) is 9.93 Å². The minimum absolute atomic E-state index is 0.155. The van der Waals surface area contributed by atoms with Crippen LogP contribution in [0.25, 0.3) is 0 Å². The zero-order chi connectivity index (χ0) is 16.3. The van der Waals surface area contributed by atoms with Gasteiger partial charge in [-0.25, -0.2) is 4.83 Å². The fourth-order valence-corrected chi connectivity index (χ4v) is 3.32. The summed E-state index contributed by atoms with van der Waals surface area (Å²) in [5, 5.41) is 14.9. The van der Waals surface area contributed by atoms with Crippen LogP contribution in [-0.4, -0.2) is 19.1 Å². The highest BCUT2D eigenvalue weighted by Crippen LogP contribution is 2.23. The van der Waals surface area contributed by atoms with Crippen molar-refractivity contribution in [3.05, 3.63) is 33.9 Å². The van der Waals surface area contributed by atoms with Crippen molar-refractivity contribution in [1.29, 1.82) is 0 Å². The Hall–Kier alpha value is -1.96. The van der Waals surface area contributed by atoms with Gasteiger partial charge in [-0.2, -0.15) is 13.5 Å². The summed E-state index contributed by atoms with van der Waals surface area (Å²) in [7, 11) is -3.90. The molecule has 1 atom stereocenters. The van der Waals surface area contributed by atoms with E-state index in [1.54, 1.807) is 6.92 Å². The van der Waals surface area contributed by atoms with Crippen molar-refractivity contribution in [3.8, 4) is 0 Å². The van der Waals surface area contributed by atoms with Crippen LogP contribution in [0.15, 0.2) is 28.2 Å². The fourth-order valence-electron chi connectivity index (χ4n) is 2.46. The lowest BCUT2D eigenvalue weighted by Gasteiger charge is -2.19. The molecule has 1 aliphatic carbocycles. The summed E-state index contributed by atoms with van der Waals surface area (Å²) in [4.78, 5) is 12.4. The summed E-state index contributed by atoms with van der Waals surface area (Å²) in [5.74, 6) is 0.254. The molecule has 1 aromatic rings. The van der Waals surface area contributed by atoms with E-state index in [-0.39, 0.29) is 16.5 Å². The molecule has 1 saturated carbocycles. The topological polar surface area (TPSA) is 102 Å². The van der Waals surface area contributed by atoms with E-state index >= 15 is 0 Å². The molecule has 1 aromatic carbocycles. The first-order valence-corrected chi connectivity index (χ1v) is 8.63. The number of hydrogen-bond acceptors (Lipinski definition) is 5. The molecule has 0 saturated heterocycles. The van der Waals surface area contributed by atoms with Crippen molar-refractivity contribution < 1.29 is 13.3 Å². The molecule has 2 rings (SSSR count). The van der Waals surface area contributed by atoms with Gasteiger partial charge in [-0.1, -0.05) is 19.4 Å². The van der Waals surface area contributed by atoms with Crippen LogP contribution < -0.4 is 4.83 Å². The zero-order valence-corrected chi connectivity index (χ0v) is 13.4. The summed E-state index contributed by atoms with van der Waals surface area (Å²) in [5.41, 5.74) is 1.02. The molecule has 1 N–H and O–H groups in total. The number of nitrogens with zero attached hydrogens (tertiary/aromatic N) is 2. The van der Waals surface area contributed by atoms with Gasteiger partial charge in [0.15, 0.2) is 0 Å². The lowest BCUT2D eigenvalue weighted by Crippen LogP contribution is -2.24. The highest BCUT2D eigenvalue weighted by molar-refractivity contribution is 7.89. The van der Waals surface area contributed by atoms with Gasteiger partial charge in [-0.3, -0.25) is 10.1 Å². The molecule has 1 aliphatic rings. The van der Waals surface area contributed by atoms with Gasteiger partial charge >= 0.3 is 0 Å². The average molecular weight is 325 g/mol. The summed E-state index contributed by atoms with van der Waals surface area (Å²) in [6, 6.07) is 3.82. The second kappa shape index (κ2) is 6.43. The highest BCUT2D eigenvalue weighted by Gasteiger charge is 2.21. The van der Waals surface area contributed by atoms with Crippen LogP contribution in [0.1, 0.15) is 38.2 Å². The number of hydrogen-bond donors (Lipinski definition) is 1. The van der Waals surface area contributed by atoms with Gasteiger partial charge in [0, 0.05) is 17.3 Å². The number of nitro groups is 1. The molecule has 0 bridgehead atoms. The molecule has 0 spiro atoms. The number of nitrogens with one attached hydrogen (secondary N) is 1. The Morgan fingerprint density at radius 3 is 2.73 bits per heavy atom. The first kappa shape index (κ1) is 16.4. The predicted molar refractivity (Wildman–Crippen MR) is 83.2 cm³/mol. The van der Waals surface area contributed by atoms with E-state index < -0.39 is 14.9 Å². The Bertz CT molecular complexity index is 713. The Kier molecular flexibility index (Phi) is 4.80. The third kappa shape index (κ3) is 3.62. The number of rotatable bonds is 4. The maximum absolute atomic E-state index is 12.2. The minimum Gasteiger partial charge on any atom is -0.258 e. The molecule has 7 nitrogen and oxygen atoms in total. The molecular formula is C14H19N3O4S. The van der Waals surface area contributed by atoms with Gasteiger partial charge in [0.2, 0.25) is 0 Å². The molecule has 22 heavy (non-hydrogen) atoms. The second-order valence-electron chi connectivity index (χ2n) is 5.55. The van der Waals surface area contributed by atoms with Gasteiger partial charge in [-0.05, 0) is 38.2 Å². The van der Waals surface area contributed by atoms with Crippen LogP contribution in [0.4, 0.5) is 5.69 Å². The molecule has 0 aliphatic heterocycles. The van der Waals surface area contributed by atoms with Crippen molar-refractivity contribution in [2.45, 2.75) is 44.4 Å². The van der Waals surface area contributed by atoms with E-state index in [9.17, 15) is 18.5 Å². The lowest BCUT2D eigenvalue weighted by molar-refractivity contribution is -0.385. The number of nitro benzene ring substituents is 1. The SMILES string of the molecule is Cc1ccc(S(=O)(=O)N/N=C2/CCCC[C@H]2C)cc1[N+](=O)[O-]. The molecule has 0 aromatic heterocycles. The maximum Gasteiger partial charge on any atom is 0.276 e. The van der Waals surface area contributed by atoms with E-state index in [0.29, 0.717) is 5.56 Å². The highest BCUT2D eigenvalue weighted by atomic mass is 32.2. The number of benzene rings is 1.